The third-order valence-corrected chi connectivity index (χ3v) is 4.48. The van der Waals surface area contributed by atoms with Crippen molar-refractivity contribution in [2.24, 2.45) is 7.05 Å². The number of carbonyl (C=O) groups is 1. The van der Waals surface area contributed by atoms with Crippen LogP contribution in [0.5, 0.6) is 0 Å². The smallest absolute Gasteiger partial charge is 0.322 e. The molecule has 3 aromatic rings. The van der Waals surface area contributed by atoms with Gasteiger partial charge in [-0.1, -0.05) is 17.7 Å². The van der Waals surface area contributed by atoms with Gasteiger partial charge in [0, 0.05) is 48.2 Å². The summed E-state index contributed by atoms with van der Waals surface area (Å²) >= 11 is 5.97. The first-order valence-electron chi connectivity index (χ1n) is 7.96. The molecule has 0 saturated carbocycles. The Morgan fingerprint density at radius 2 is 2.28 bits per heavy atom. The summed E-state index contributed by atoms with van der Waals surface area (Å²) in [5, 5.41) is 10.9. The van der Waals surface area contributed by atoms with Crippen LogP contribution in [0, 0.1) is 0 Å². The lowest BCUT2D eigenvalue weighted by molar-refractivity contribution is 0.206. The van der Waals surface area contributed by atoms with Gasteiger partial charge < -0.3 is 14.8 Å². The Morgan fingerprint density at radius 3 is 3.04 bits per heavy atom. The summed E-state index contributed by atoms with van der Waals surface area (Å²) in [5.74, 6) is 0. The Hall–Kier alpha value is -2.80. The molecule has 2 aromatic heterocycles. The molecule has 0 unspecified atom stereocenters. The summed E-state index contributed by atoms with van der Waals surface area (Å²) in [6.07, 6.45) is 4.39. The van der Waals surface area contributed by atoms with Gasteiger partial charge >= 0.3 is 6.03 Å². The number of imidazole rings is 1. The number of fused-ring (bicyclic) bond motifs is 1. The molecule has 1 aliphatic rings. The first kappa shape index (κ1) is 15.7. The second kappa shape index (κ2) is 6.25. The number of aromatic nitrogens is 4. The van der Waals surface area contributed by atoms with Crippen LogP contribution >= 0.6 is 11.6 Å². The third-order valence-electron chi connectivity index (χ3n) is 4.24. The Labute approximate surface area is 149 Å². The molecule has 0 atom stereocenters. The second-order valence-electron chi connectivity index (χ2n) is 6.07. The van der Waals surface area contributed by atoms with Gasteiger partial charge in [-0.05, 0) is 18.2 Å². The molecule has 3 heterocycles. The molecule has 0 radical (unpaired) electrons. The van der Waals surface area contributed by atoms with Crippen molar-refractivity contribution in [1.82, 2.24) is 24.6 Å². The fraction of sp³-hybridized carbons (Fsp3) is 0.235. The largest absolute Gasteiger partial charge is 0.340 e. The Kier molecular flexibility index (Phi) is 3.93. The quantitative estimate of drug-likeness (QED) is 0.740. The van der Waals surface area contributed by atoms with Gasteiger partial charge in [0.05, 0.1) is 12.9 Å². The fourth-order valence-corrected chi connectivity index (χ4v) is 3.17. The number of aromatic amines is 1. The number of nitrogens with zero attached hydrogens (tertiary/aromatic N) is 4. The molecule has 0 spiro atoms. The van der Waals surface area contributed by atoms with Crippen LogP contribution in [-0.2, 0) is 20.0 Å². The highest BCUT2D eigenvalue weighted by molar-refractivity contribution is 6.30. The standard InChI is InChI=1S/C17H17ClN6O/c1-23-9-15(19-10-23)16-13-8-24(6-5-14(13)21-22-16)17(25)20-12-4-2-3-11(18)7-12/h2-4,7,9-10H,5-6,8H2,1H3,(H,20,25)(H,21,22). The van der Waals surface area contributed by atoms with Gasteiger partial charge in [-0.2, -0.15) is 5.10 Å². The number of rotatable bonds is 2. The number of H-pyrrole nitrogens is 1. The molecule has 2 N–H and O–H groups in total. The van der Waals surface area contributed by atoms with Crippen molar-refractivity contribution in [2.45, 2.75) is 13.0 Å². The molecule has 2 amide bonds. The first-order chi connectivity index (χ1) is 12.1. The zero-order chi connectivity index (χ0) is 17.4. The number of benzene rings is 1. The van der Waals surface area contributed by atoms with Crippen LogP contribution in [0.15, 0.2) is 36.8 Å². The van der Waals surface area contributed by atoms with E-state index >= 15 is 0 Å². The van der Waals surface area contributed by atoms with Crippen LogP contribution in [0.4, 0.5) is 10.5 Å². The van der Waals surface area contributed by atoms with E-state index in [0.29, 0.717) is 23.8 Å². The lowest BCUT2D eigenvalue weighted by Gasteiger charge is -2.27. The van der Waals surface area contributed by atoms with E-state index in [4.69, 9.17) is 11.6 Å². The molecule has 4 rings (SSSR count). The van der Waals surface area contributed by atoms with Crippen molar-refractivity contribution >= 4 is 23.3 Å². The zero-order valence-electron chi connectivity index (χ0n) is 13.7. The SMILES string of the molecule is Cn1cnc(-c2n[nH]c3c2CN(C(=O)Nc2cccc(Cl)c2)CC3)c1. The minimum atomic E-state index is -0.152. The molecule has 0 saturated heterocycles. The highest BCUT2D eigenvalue weighted by Gasteiger charge is 2.26. The van der Waals surface area contributed by atoms with Gasteiger partial charge in [-0.3, -0.25) is 5.10 Å². The van der Waals surface area contributed by atoms with Gasteiger partial charge in [0.1, 0.15) is 11.4 Å². The molecular weight excluding hydrogens is 340 g/mol. The van der Waals surface area contributed by atoms with Gasteiger partial charge in [0.25, 0.3) is 0 Å². The van der Waals surface area contributed by atoms with Gasteiger partial charge in [0.15, 0.2) is 0 Å². The predicted molar refractivity (Wildman–Crippen MR) is 95.4 cm³/mol. The highest BCUT2D eigenvalue weighted by Crippen LogP contribution is 2.27. The van der Waals surface area contributed by atoms with Gasteiger partial charge in [-0.25, -0.2) is 9.78 Å². The normalized spacial score (nSPS) is 13.6. The van der Waals surface area contributed by atoms with E-state index in [0.717, 1.165) is 29.1 Å². The summed E-state index contributed by atoms with van der Waals surface area (Å²) in [5.41, 5.74) is 4.37. The van der Waals surface area contributed by atoms with E-state index in [1.54, 1.807) is 23.4 Å². The number of nitrogens with one attached hydrogen (secondary N) is 2. The van der Waals surface area contributed by atoms with E-state index in [1.165, 1.54) is 0 Å². The van der Waals surface area contributed by atoms with Crippen molar-refractivity contribution in [3.8, 4) is 11.4 Å². The number of aryl methyl sites for hydroxylation is 1. The minimum absolute atomic E-state index is 0.152. The van der Waals surface area contributed by atoms with Crippen LogP contribution in [0.1, 0.15) is 11.3 Å². The average Bonchev–Trinajstić information content (AvgIpc) is 3.20. The summed E-state index contributed by atoms with van der Waals surface area (Å²) in [7, 11) is 1.92. The van der Waals surface area contributed by atoms with Crippen LogP contribution in [0.3, 0.4) is 0 Å². The summed E-state index contributed by atoms with van der Waals surface area (Å²) in [4.78, 5) is 18.7. The molecular formula is C17H17ClN6O. The van der Waals surface area contributed by atoms with Crippen LogP contribution in [0.25, 0.3) is 11.4 Å². The van der Waals surface area contributed by atoms with Gasteiger partial charge in [-0.15, -0.1) is 0 Å². The number of hydrogen-bond donors (Lipinski definition) is 2. The maximum Gasteiger partial charge on any atom is 0.322 e. The van der Waals surface area contributed by atoms with E-state index in [1.807, 2.05) is 29.9 Å². The summed E-state index contributed by atoms with van der Waals surface area (Å²) in [6.45, 7) is 1.12. The highest BCUT2D eigenvalue weighted by atomic mass is 35.5. The van der Waals surface area contributed by atoms with Crippen molar-refractivity contribution in [3.63, 3.8) is 0 Å². The lowest BCUT2D eigenvalue weighted by atomic mass is 10.0. The third kappa shape index (κ3) is 3.10. The van der Waals surface area contributed by atoms with Gasteiger partial charge in [0.2, 0.25) is 0 Å². The van der Waals surface area contributed by atoms with Crippen molar-refractivity contribution in [2.75, 3.05) is 11.9 Å². The number of amides is 2. The molecule has 1 aromatic carbocycles. The Balaban J connectivity index is 1.54. The van der Waals surface area contributed by atoms with Crippen LogP contribution in [0.2, 0.25) is 5.02 Å². The maximum absolute atomic E-state index is 12.6. The molecule has 8 heteroatoms. The molecule has 128 valence electrons. The molecule has 1 aliphatic heterocycles. The number of halogens is 1. The zero-order valence-corrected chi connectivity index (χ0v) is 14.4. The first-order valence-corrected chi connectivity index (χ1v) is 8.34. The van der Waals surface area contributed by atoms with Crippen molar-refractivity contribution in [1.29, 1.82) is 0 Å². The second-order valence-corrected chi connectivity index (χ2v) is 6.50. The fourth-order valence-electron chi connectivity index (χ4n) is 2.98. The monoisotopic (exact) mass is 356 g/mol. The lowest BCUT2D eigenvalue weighted by Crippen LogP contribution is -2.38. The molecule has 0 fully saturated rings. The molecule has 0 bridgehead atoms. The van der Waals surface area contributed by atoms with E-state index < -0.39 is 0 Å². The number of hydrogen-bond acceptors (Lipinski definition) is 3. The summed E-state index contributed by atoms with van der Waals surface area (Å²) < 4.78 is 1.88. The van der Waals surface area contributed by atoms with E-state index in [2.05, 4.69) is 20.5 Å². The Bertz CT molecular complexity index is 931. The number of anilines is 1. The van der Waals surface area contributed by atoms with Crippen molar-refractivity contribution < 1.29 is 4.79 Å². The number of carbonyl (C=O) groups excluding carboxylic acids is 1. The van der Waals surface area contributed by atoms with Crippen LogP contribution < -0.4 is 5.32 Å². The van der Waals surface area contributed by atoms with Crippen LogP contribution in [-0.4, -0.2) is 37.2 Å². The van der Waals surface area contributed by atoms with E-state index in [9.17, 15) is 4.79 Å². The topological polar surface area (TPSA) is 78.8 Å². The Morgan fingerprint density at radius 1 is 1.40 bits per heavy atom. The minimum Gasteiger partial charge on any atom is -0.340 e. The van der Waals surface area contributed by atoms with Crippen molar-refractivity contribution in [3.05, 3.63) is 53.1 Å². The summed E-state index contributed by atoms with van der Waals surface area (Å²) in [6, 6.07) is 6.97. The number of urea groups is 1. The molecule has 0 aliphatic carbocycles. The molecule has 7 nitrogen and oxygen atoms in total. The predicted octanol–water partition coefficient (Wildman–Crippen LogP) is 3.05. The van der Waals surface area contributed by atoms with E-state index in [-0.39, 0.29) is 6.03 Å². The molecule has 25 heavy (non-hydrogen) atoms. The maximum atomic E-state index is 12.6. The average molecular weight is 357 g/mol.